The van der Waals surface area contributed by atoms with E-state index in [1.165, 1.54) is 0 Å². The number of aromatic nitrogens is 2. The van der Waals surface area contributed by atoms with Crippen molar-refractivity contribution in [1.82, 2.24) is 9.97 Å². The molecular formula is C14H16BrN3O. The first-order valence-corrected chi connectivity index (χ1v) is 7.34. The Morgan fingerprint density at radius 2 is 2.16 bits per heavy atom. The van der Waals surface area contributed by atoms with Crippen molar-refractivity contribution in [3.8, 4) is 0 Å². The summed E-state index contributed by atoms with van der Waals surface area (Å²) in [5.74, 6) is 1.37. The third kappa shape index (κ3) is 3.22. The molecular weight excluding hydrogens is 306 g/mol. The molecule has 0 unspecified atom stereocenters. The smallest absolute Gasteiger partial charge is 0.223 e. The fourth-order valence-corrected chi connectivity index (χ4v) is 2.65. The Morgan fingerprint density at radius 3 is 3.00 bits per heavy atom. The SMILES string of the molecule is Brc1ccc2nc(NCC3CCOCC3)ncc2c1. The van der Waals surface area contributed by atoms with Crippen LogP contribution in [0.25, 0.3) is 10.9 Å². The lowest BCUT2D eigenvalue weighted by Gasteiger charge is -2.22. The van der Waals surface area contributed by atoms with E-state index in [0.717, 1.165) is 48.0 Å². The first-order valence-electron chi connectivity index (χ1n) is 6.55. The maximum atomic E-state index is 5.36. The van der Waals surface area contributed by atoms with E-state index in [1.807, 2.05) is 24.4 Å². The predicted molar refractivity (Wildman–Crippen MR) is 79.3 cm³/mol. The van der Waals surface area contributed by atoms with Crippen LogP contribution in [0.5, 0.6) is 0 Å². The minimum atomic E-state index is 0.665. The van der Waals surface area contributed by atoms with E-state index in [0.29, 0.717) is 11.9 Å². The van der Waals surface area contributed by atoms with E-state index in [2.05, 4.69) is 31.2 Å². The minimum absolute atomic E-state index is 0.665. The molecule has 2 heterocycles. The summed E-state index contributed by atoms with van der Waals surface area (Å²) < 4.78 is 6.40. The molecule has 100 valence electrons. The lowest BCUT2D eigenvalue weighted by Crippen LogP contribution is -2.23. The largest absolute Gasteiger partial charge is 0.381 e. The van der Waals surface area contributed by atoms with Crippen LogP contribution in [0.15, 0.2) is 28.9 Å². The number of rotatable bonds is 3. The van der Waals surface area contributed by atoms with Gasteiger partial charge in [0.2, 0.25) is 5.95 Å². The van der Waals surface area contributed by atoms with Crippen LogP contribution in [0, 0.1) is 5.92 Å². The Morgan fingerprint density at radius 1 is 1.32 bits per heavy atom. The van der Waals surface area contributed by atoms with Gasteiger partial charge in [0, 0.05) is 35.8 Å². The summed E-state index contributed by atoms with van der Waals surface area (Å²) in [7, 11) is 0. The van der Waals surface area contributed by atoms with Gasteiger partial charge in [-0.2, -0.15) is 0 Å². The number of hydrogen-bond acceptors (Lipinski definition) is 4. The average Bonchev–Trinajstić information content (AvgIpc) is 2.46. The Hall–Kier alpha value is -1.20. The highest BCUT2D eigenvalue weighted by atomic mass is 79.9. The second-order valence-electron chi connectivity index (χ2n) is 4.83. The van der Waals surface area contributed by atoms with E-state index in [9.17, 15) is 0 Å². The minimum Gasteiger partial charge on any atom is -0.381 e. The third-order valence-corrected chi connectivity index (χ3v) is 3.92. The van der Waals surface area contributed by atoms with E-state index in [1.54, 1.807) is 0 Å². The van der Waals surface area contributed by atoms with Crippen LogP contribution in [0.3, 0.4) is 0 Å². The van der Waals surface area contributed by atoms with Gasteiger partial charge in [-0.3, -0.25) is 0 Å². The highest BCUT2D eigenvalue weighted by Crippen LogP contribution is 2.19. The summed E-state index contributed by atoms with van der Waals surface area (Å²) in [5, 5.41) is 4.38. The van der Waals surface area contributed by atoms with Crippen LogP contribution < -0.4 is 5.32 Å². The fraction of sp³-hybridized carbons (Fsp3) is 0.429. The van der Waals surface area contributed by atoms with Crippen LogP contribution in [0.4, 0.5) is 5.95 Å². The molecule has 0 bridgehead atoms. The molecule has 1 saturated heterocycles. The van der Waals surface area contributed by atoms with Crippen LogP contribution in [-0.4, -0.2) is 29.7 Å². The van der Waals surface area contributed by atoms with Gasteiger partial charge in [0.15, 0.2) is 0 Å². The molecule has 19 heavy (non-hydrogen) atoms. The molecule has 1 N–H and O–H groups in total. The van der Waals surface area contributed by atoms with Crippen LogP contribution in [0.2, 0.25) is 0 Å². The molecule has 1 aromatic carbocycles. The normalized spacial score (nSPS) is 16.7. The molecule has 0 saturated carbocycles. The molecule has 1 aliphatic rings. The number of anilines is 1. The summed E-state index contributed by atoms with van der Waals surface area (Å²) in [6, 6.07) is 6.02. The molecule has 4 nitrogen and oxygen atoms in total. The number of nitrogens with zero attached hydrogens (tertiary/aromatic N) is 2. The van der Waals surface area contributed by atoms with Gasteiger partial charge in [-0.1, -0.05) is 15.9 Å². The summed E-state index contributed by atoms with van der Waals surface area (Å²) >= 11 is 3.45. The first-order chi connectivity index (χ1) is 9.31. The zero-order valence-electron chi connectivity index (χ0n) is 10.6. The fourth-order valence-electron chi connectivity index (χ4n) is 2.28. The molecule has 0 atom stereocenters. The molecule has 0 spiro atoms. The monoisotopic (exact) mass is 321 g/mol. The van der Waals surface area contributed by atoms with Gasteiger partial charge < -0.3 is 10.1 Å². The molecule has 1 aromatic heterocycles. The van der Waals surface area contributed by atoms with Crippen molar-refractivity contribution >= 4 is 32.8 Å². The lowest BCUT2D eigenvalue weighted by molar-refractivity contribution is 0.0699. The van der Waals surface area contributed by atoms with E-state index >= 15 is 0 Å². The number of nitrogens with one attached hydrogen (secondary N) is 1. The molecule has 0 amide bonds. The summed E-state index contributed by atoms with van der Waals surface area (Å²) in [5.41, 5.74) is 0.965. The molecule has 0 radical (unpaired) electrons. The Balaban J connectivity index is 1.69. The Bertz CT molecular complexity index is 570. The van der Waals surface area contributed by atoms with Gasteiger partial charge in [-0.05, 0) is 37.0 Å². The van der Waals surface area contributed by atoms with E-state index in [-0.39, 0.29) is 0 Å². The molecule has 5 heteroatoms. The second kappa shape index (κ2) is 5.84. The number of hydrogen-bond donors (Lipinski definition) is 1. The van der Waals surface area contributed by atoms with Gasteiger partial charge in [-0.25, -0.2) is 9.97 Å². The van der Waals surface area contributed by atoms with Crippen molar-refractivity contribution in [2.24, 2.45) is 5.92 Å². The molecule has 1 aliphatic heterocycles. The van der Waals surface area contributed by atoms with Crippen molar-refractivity contribution in [1.29, 1.82) is 0 Å². The zero-order chi connectivity index (χ0) is 13.1. The predicted octanol–water partition coefficient (Wildman–Crippen LogP) is 3.23. The van der Waals surface area contributed by atoms with Gasteiger partial charge in [0.05, 0.1) is 5.52 Å². The quantitative estimate of drug-likeness (QED) is 0.942. The second-order valence-corrected chi connectivity index (χ2v) is 5.75. The third-order valence-electron chi connectivity index (χ3n) is 3.43. The summed E-state index contributed by atoms with van der Waals surface area (Å²) in [6.07, 6.45) is 4.10. The average molecular weight is 322 g/mol. The van der Waals surface area contributed by atoms with Crippen molar-refractivity contribution < 1.29 is 4.74 Å². The highest BCUT2D eigenvalue weighted by molar-refractivity contribution is 9.10. The lowest BCUT2D eigenvalue weighted by atomic mass is 10.0. The molecule has 0 aliphatic carbocycles. The van der Waals surface area contributed by atoms with Gasteiger partial charge in [-0.15, -0.1) is 0 Å². The summed E-state index contributed by atoms with van der Waals surface area (Å²) in [4.78, 5) is 8.88. The number of fused-ring (bicyclic) bond motifs is 1. The van der Waals surface area contributed by atoms with Crippen molar-refractivity contribution in [3.05, 3.63) is 28.9 Å². The van der Waals surface area contributed by atoms with Crippen molar-refractivity contribution in [2.75, 3.05) is 25.1 Å². The van der Waals surface area contributed by atoms with E-state index in [4.69, 9.17) is 4.74 Å². The first kappa shape index (κ1) is 12.8. The zero-order valence-corrected chi connectivity index (χ0v) is 12.2. The van der Waals surface area contributed by atoms with Gasteiger partial charge in [0.1, 0.15) is 0 Å². The topological polar surface area (TPSA) is 47.0 Å². The Labute approximate surface area is 120 Å². The van der Waals surface area contributed by atoms with Gasteiger partial charge in [0.25, 0.3) is 0 Å². The maximum Gasteiger partial charge on any atom is 0.223 e. The van der Waals surface area contributed by atoms with E-state index < -0.39 is 0 Å². The molecule has 3 rings (SSSR count). The highest BCUT2D eigenvalue weighted by Gasteiger charge is 2.13. The standard InChI is InChI=1S/C14H16BrN3O/c15-12-1-2-13-11(7-12)9-17-14(18-13)16-8-10-3-5-19-6-4-10/h1-2,7,9-10H,3-6,8H2,(H,16,17,18). The molecule has 2 aromatic rings. The number of benzene rings is 1. The maximum absolute atomic E-state index is 5.36. The van der Waals surface area contributed by atoms with Crippen LogP contribution >= 0.6 is 15.9 Å². The number of ether oxygens (including phenoxy) is 1. The van der Waals surface area contributed by atoms with Crippen LogP contribution in [0.1, 0.15) is 12.8 Å². The molecule has 1 fully saturated rings. The Kier molecular flexibility index (Phi) is 3.94. The van der Waals surface area contributed by atoms with Crippen molar-refractivity contribution in [3.63, 3.8) is 0 Å². The van der Waals surface area contributed by atoms with Gasteiger partial charge >= 0.3 is 0 Å². The summed E-state index contributed by atoms with van der Waals surface area (Å²) in [6.45, 7) is 2.67. The van der Waals surface area contributed by atoms with Crippen LogP contribution in [-0.2, 0) is 4.74 Å². The number of halogens is 1. The van der Waals surface area contributed by atoms with Crippen molar-refractivity contribution in [2.45, 2.75) is 12.8 Å².